The second-order valence-electron chi connectivity index (χ2n) is 10.2. The first-order valence-electron chi connectivity index (χ1n) is 11.4. The van der Waals surface area contributed by atoms with Gasteiger partial charge in [0.1, 0.15) is 35.1 Å². The first-order valence-corrected chi connectivity index (χ1v) is 11.4. The highest BCUT2D eigenvalue weighted by molar-refractivity contribution is 5.75. The summed E-state index contributed by atoms with van der Waals surface area (Å²) in [4.78, 5) is 17.8. The van der Waals surface area contributed by atoms with Gasteiger partial charge in [0.05, 0.1) is 30.9 Å². The number of carbonyl (C=O) groups excluding carboxylic acids is 1. The van der Waals surface area contributed by atoms with E-state index in [-0.39, 0.29) is 36.3 Å². The van der Waals surface area contributed by atoms with Crippen molar-refractivity contribution in [3.63, 3.8) is 0 Å². The maximum Gasteiger partial charge on any atom is 0.433 e. The molecule has 5 heterocycles. The summed E-state index contributed by atoms with van der Waals surface area (Å²) in [5, 5.41) is 4.10. The Balaban J connectivity index is 1.41. The van der Waals surface area contributed by atoms with E-state index in [4.69, 9.17) is 19.9 Å². The van der Waals surface area contributed by atoms with Crippen LogP contribution in [0.1, 0.15) is 32.9 Å². The second-order valence-corrected chi connectivity index (χ2v) is 10.2. The number of amides is 1. The van der Waals surface area contributed by atoms with Gasteiger partial charge in [0, 0.05) is 24.2 Å². The van der Waals surface area contributed by atoms with Crippen LogP contribution in [0.25, 0.3) is 16.6 Å². The summed E-state index contributed by atoms with van der Waals surface area (Å²) in [5.74, 6) is 0.453. The van der Waals surface area contributed by atoms with E-state index in [1.165, 1.54) is 4.52 Å². The quantitative estimate of drug-likeness (QED) is 0.568. The molecule has 3 aromatic heterocycles. The number of halogens is 3. The van der Waals surface area contributed by atoms with Crippen molar-refractivity contribution in [3.05, 3.63) is 42.4 Å². The Morgan fingerprint density at radius 1 is 1.28 bits per heavy atom. The Morgan fingerprint density at radius 2 is 2.06 bits per heavy atom. The lowest BCUT2D eigenvalue weighted by Gasteiger charge is -2.34. The molecule has 0 aliphatic carbocycles. The fourth-order valence-electron chi connectivity index (χ4n) is 4.58. The number of rotatable bonds is 4. The lowest BCUT2D eigenvalue weighted by molar-refractivity contribution is -0.141. The number of alkyl halides is 3. The van der Waals surface area contributed by atoms with Gasteiger partial charge in [0.2, 0.25) is 0 Å². The van der Waals surface area contributed by atoms with E-state index < -0.39 is 29.2 Å². The number of carbonyl (C=O) groups is 1. The van der Waals surface area contributed by atoms with Crippen LogP contribution >= 0.6 is 0 Å². The van der Waals surface area contributed by atoms with Crippen LogP contribution in [-0.4, -0.2) is 62.6 Å². The smallest absolute Gasteiger partial charge is 0.433 e. The van der Waals surface area contributed by atoms with Gasteiger partial charge in [0.15, 0.2) is 0 Å². The van der Waals surface area contributed by atoms with Gasteiger partial charge < -0.3 is 19.9 Å². The largest absolute Gasteiger partial charge is 0.488 e. The van der Waals surface area contributed by atoms with Crippen molar-refractivity contribution in [2.24, 2.45) is 0 Å². The minimum Gasteiger partial charge on any atom is -0.488 e. The molecular weight excluding hydrogens is 479 g/mol. The Hall–Kier alpha value is -3.54. The number of nitrogens with two attached hydrogens (primary N) is 1. The van der Waals surface area contributed by atoms with Crippen molar-refractivity contribution in [3.8, 4) is 16.9 Å². The molecule has 2 aliphatic heterocycles. The minimum absolute atomic E-state index is 0.0325. The van der Waals surface area contributed by atoms with Crippen LogP contribution < -0.4 is 10.5 Å². The number of hydrogen-bond donors (Lipinski definition) is 1. The van der Waals surface area contributed by atoms with Gasteiger partial charge in [-0.3, -0.25) is 4.90 Å². The number of pyridine rings is 2. The fourth-order valence-corrected chi connectivity index (χ4v) is 4.58. The zero-order valence-corrected chi connectivity index (χ0v) is 20.0. The molecule has 5 rings (SSSR count). The second kappa shape index (κ2) is 8.26. The molecule has 0 spiro atoms. The highest BCUT2D eigenvalue weighted by atomic mass is 19.4. The lowest BCUT2D eigenvalue weighted by Crippen LogP contribution is -2.49. The number of aromatic nitrogens is 3. The van der Waals surface area contributed by atoms with Crippen LogP contribution in [0.3, 0.4) is 0 Å². The van der Waals surface area contributed by atoms with Crippen molar-refractivity contribution >= 4 is 17.4 Å². The highest BCUT2D eigenvalue weighted by Crippen LogP contribution is 2.41. The zero-order valence-electron chi connectivity index (χ0n) is 20.0. The van der Waals surface area contributed by atoms with Crippen molar-refractivity contribution in [2.45, 2.75) is 50.6 Å². The Kier molecular flexibility index (Phi) is 5.54. The topological polar surface area (TPSA) is 104 Å². The maximum absolute atomic E-state index is 13.5. The van der Waals surface area contributed by atoms with E-state index in [1.807, 2.05) is 0 Å². The molecule has 12 heteroatoms. The summed E-state index contributed by atoms with van der Waals surface area (Å²) in [7, 11) is 0. The molecule has 2 saturated heterocycles. The Morgan fingerprint density at radius 3 is 2.78 bits per heavy atom. The van der Waals surface area contributed by atoms with E-state index in [2.05, 4.69) is 10.1 Å². The lowest BCUT2D eigenvalue weighted by atomic mass is 10.0. The van der Waals surface area contributed by atoms with Crippen molar-refractivity contribution in [1.29, 1.82) is 0 Å². The van der Waals surface area contributed by atoms with Gasteiger partial charge in [-0.25, -0.2) is 14.3 Å². The number of fused-ring (bicyclic) bond motifs is 3. The molecule has 0 saturated carbocycles. The number of likely N-dealkylation sites (tertiary alicyclic amines) is 1. The van der Waals surface area contributed by atoms with Crippen LogP contribution in [0.5, 0.6) is 5.75 Å². The number of nitrogen functional groups attached to an aromatic ring is 1. The molecule has 9 nitrogen and oxygen atoms in total. The Labute approximate surface area is 204 Å². The van der Waals surface area contributed by atoms with Gasteiger partial charge in [-0.05, 0) is 44.5 Å². The molecule has 2 aliphatic rings. The number of morpholine rings is 1. The van der Waals surface area contributed by atoms with E-state index in [1.54, 1.807) is 50.1 Å². The van der Waals surface area contributed by atoms with Gasteiger partial charge in [-0.1, -0.05) is 0 Å². The third-order valence-electron chi connectivity index (χ3n) is 6.16. The maximum atomic E-state index is 13.5. The molecule has 1 amide bonds. The van der Waals surface area contributed by atoms with Crippen LogP contribution in [0.4, 0.5) is 23.8 Å². The van der Waals surface area contributed by atoms with Crippen LogP contribution in [0, 0.1) is 0 Å². The molecule has 2 bridgehead atoms. The van der Waals surface area contributed by atoms with Crippen LogP contribution in [0.15, 0.2) is 36.7 Å². The molecule has 36 heavy (non-hydrogen) atoms. The predicted octanol–water partition coefficient (Wildman–Crippen LogP) is 4.15. The van der Waals surface area contributed by atoms with E-state index in [0.717, 1.165) is 12.3 Å². The molecule has 0 aromatic carbocycles. The van der Waals surface area contributed by atoms with Crippen molar-refractivity contribution in [2.75, 3.05) is 25.5 Å². The summed E-state index contributed by atoms with van der Waals surface area (Å²) >= 11 is 0. The zero-order chi connectivity index (χ0) is 25.9. The van der Waals surface area contributed by atoms with Crippen molar-refractivity contribution in [1.82, 2.24) is 19.5 Å². The number of ether oxygens (including phenoxy) is 3. The molecular formula is C24H26F3N5O4. The van der Waals surface area contributed by atoms with Gasteiger partial charge in [-0.2, -0.15) is 18.3 Å². The third-order valence-corrected chi connectivity index (χ3v) is 6.16. The van der Waals surface area contributed by atoms with Gasteiger partial charge in [0.25, 0.3) is 0 Å². The fraction of sp³-hybridized carbons (Fsp3) is 0.458. The average Bonchev–Trinajstić information content (AvgIpc) is 3.47. The van der Waals surface area contributed by atoms with Gasteiger partial charge in [-0.15, -0.1) is 0 Å². The van der Waals surface area contributed by atoms with Gasteiger partial charge >= 0.3 is 12.3 Å². The predicted molar refractivity (Wildman–Crippen MR) is 123 cm³/mol. The molecule has 3 aromatic rings. The molecule has 0 radical (unpaired) electrons. The monoisotopic (exact) mass is 505 g/mol. The van der Waals surface area contributed by atoms with E-state index in [0.29, 0.717) is 24.1 Å². The van der Waals surface area contributed by atoms with E-state index in [9.17, 15) is 18.0 Å². The molecule has 192 valence electrons. The summed E-state index contributed by atoms with van der Waals surface area (Å²) in [6.07, 6.45) is -1.84. The molecule has 2 N–H and O–H groups in total. The number of nitrogens with zero attached hydrogens (tertiary/aromatic N) is 4. The normalized spacial score (nSPS) is 21.8. The Bertz CT molecular complexity index is 1320. The SMILES string of the molecule is CC(C)(C)OC(=O)N1CC2(COc3cnc(C(F)(F)F)cc3-c3ccn4nc(N)cc4c3)C[C@@H]1CO2. The first-order chi connectivity index (χ1) is 16.8. The first kappa shape index (κ1) is 24.2. The third kappa shape index (κ3) is 4.64. The number of anilines is 1. The van der Waals surface area contributed by atoms with Crippen LogP contribution in [0.2, 0.25) is 0 Å². The van der Waals surface area contributed by atoms with E-state index >= 15 is 0 Å². The highest BCUT2D eigenvalue weighted by Gasteiger charge is 2.54. The standard InChI is InChI=1S/C24H26F3N5O4/c1-22(2,3)36-21(33)31-12-23(9-16(31)11-35-23)13-34-18-10-29-19(24(25,26)27)8-17(18)14-4-5-32-15(6-14)7-20(28)30-32/h4-8,10,16H,9,11-13H2,1-3H3,(H2,28,30)/t16-,23?/m1/s1. The summed E-state index contributed by atoms with van der Waals surface area (Å²) in [6, 6.07) is 5.72. The summed E-state index contributed by atoms with van der Waals surface area (Å²) < 4.78 is 59.4. The van der Waals surface area contributed by atoms with Crippen LogP contribution in [-0.2, 0) is 15.7 Å². The molecule has 2 fully saturated rings. The molecule has 1 unspecified atom stereocenters. The summed E-state index contributed by atoms with van der Waals surface area (Å²) in [6.45, 7) is 6.01. The summed E-state index contributed by atoms with van der Waals surface area (Å²) in [5.41, 5.74) is 4.60. The average molecular weight is 505 g/mol. The minimum atomic E-state index is -4.63. The molecule has 2 atom stereocenters. The number of hydrogen-bond acceptors (Lipinski definition) is 7. The van der Waals surface area contributed by atoms with Crippen molar-refractivity contribution < 1.29 is 32.2 Å².